The zero-order valence-corrected chi connectivity index (χ0v) is 7.57. The van der Waals surface area contributed by atoms with Gasteiger partial charge in [-0.05, 0) is 30.6 Å². The Balaban J connectivity index is 1.87. The maximum absolute atomic E-state index is 10.6. The number of carbonyl (C=O) groups is 1. The summed E-state index contributed by atoms with van der Waals surface area (Å²) in [5.41, 5.74) is 0.306. The number of aliphatic hydroxyl groups excluding tert-OH is 1. The Hall–Kier alpha value is -0.770. The van der Waals surface area contributed by atoms with Crippen molar-refractivity contribution in [2.75, 3.05) is 19.7 Å². The highest BCUT2D eigenvalue weighted by atomic mass is 16.4. The van der Waals surface area contributed by atoms with Gasteiger partial charge in [-0.15, -0.1) is 0 Å². The Morgan fingerprint density at radius 3 is 2.46 bits per heavy atom. The maximum Gasteiger partial charge on any atom is 0.407 e. The largest absolute Gasteiger partial charge is 0.465 e. The zero-order chi connectivity index (χ0) is 9.47. The smallest absolute Gasteiger partial charge is 0.407 e. The van der Waals surface area contributed by atoms with Crippen molar-refractivity contribution in [2.45, 2.75) is 19.3 Å². The molecule has 0 aromatic heterocycles. The van der Waals surface area contributed by atoms with Gasteiger partial charge in [0.15, 0.2) is 0 Å². The first-order chi connectivity index (χ1) is 6.18. The van der Waals surface area contributed by atoms with Crippen LogP contribution in [0.2, 0.25) is 0 Å². The van der Waals surface area contributed by atoms with Gasteiger partial charge in [-0.2, -0.15) is 0 Å². The first kappa shape index (κ1) is 8.81. The number of hydrogen-bond acceptors (Lipinski definition) is 2. The normalized spacial score (nSPS) is 30.5. The van der Waals surface area contributed by atoms with Crippen LogP contribution in [0.15, 0.2) is 0 Å². The van der Waals surface area contributed by atoms with Crippen LogP contribution in [0.3, 0.4) is 0 Å². The van der Waals surface area contributed by atoms with E-state index < -0.39 is 6.09 Å². The molecule has 2 rings (SSSR count). The molecule has 2 fully saturated rings. The van der Waals surface area contributed by atoms with Crippen molar-refractivity contribution in [3.63, 3.8) is 0 Å². The summed E-state index contributed by atoms with van der Waals surface area (Å²) in [5, 5.41) is 17.7. The number of nitrogens with zero attached hydrogens (tertiary/aromatic N) is 1. The number of rotatable bonds is 1. The van der Waals surface area contributed by atoms with E-state index >= 15 is 0 Å². The monoisotopic (exact) mass is 185 g/mol. The van der Waals surface area contributed by atoms with Crippen molar-refractivity contribution in [2.24, 2.45) is 11.3 Å². The molecule has 1 saturated carbocycles. The van der Waals surface area contributed by atoms with Crippen LogP contribution < -0.4 is 0 Å². The van der Waals surface area contributed by atoms with Crippen LogP contribution in [-0.2, 0) is 0 Å². The summed E-state index contributed by atoms with van der Waals surface area (Å²) in [6.07, 6.45) is 2.16. The highest BCUT2D eigenvalue weighted by Crippen LogP contribution is 2.58. The van der Waals surface area contributed by atoms with Crippen molar-refractivity contribution < 1.29 is 15.0 Å². The molecule has 1 aliphatic carbocycles. The molecule has 1 atom stereocenters. The summed E-state index contributed by atoms with van der Waals surface area (Å²) in [4.78, 5) is 12.1. The zero-order valence-electron chi connectivity index (χ0n) is 7.57. The fraction of sp³-hybridized carbons (Fsp3) is 0.889. The fourth-order valence-electron chi connectivity index (χ4n) is 2.45. The molecule has 0 aromatic rings. The fourth-order valence-corrected chi connectivity index (χ4v) is 2.45. The Morgan fingerprint density at radius 2 is 2.08 bits per heavy atom. The summed E-state index contributed by atoms with van der Waals surface area (Å²) >= 11 is 0. The standard InChI is InChI=1S/C9H15NO3/c11-6-7-5-9(7)1-3-10(4-2-9)8(12)13/h7,11H,1-6H2,(H,12,13)/t7-/m0/s1. The average molecular weight is 185 g/mol. The van der Waals surface area contributed by atoms with E-state index in [9.17, 15) is 4.79 Å². The maximum atomic E-state index is 10.6. The summed E-state index contributed by atoms with van der Waals surface area (Å²) in [7, 11) is 0. The molecule has 13 heavy (non-hydrogen) atoms. The van der Waals surface area contributed by atoms with Crippen LogP contribution in [-0.4, -0.2) is 40.9 Å². The molecular weight excluding hydrogens is 170 g/mol. The van der Waals surface area contributed by atoms with Gasteiger partial charge >= 0.3 is 6.09 Å². The third-order valence-corrected chi connectivity index (χ3v) is 3.61. The Morgan fingerprint density at radius 1 is 1.46 bits per heavy atom. The summed E-state index contributed by atoms with van der Waals surface area (Å²) < 4.78 is 0. The number of amides is 1. The second kappa shape index (κ2) is 2.87. The predicted molar refractivity (Wildman–Crippen MR) is 46.5 cm³/mol. The van der Waals surface area contributed by atoms with Crippen LogP contribution in [0.25, 0.3) is 0 Å². The van der Waals surface area contributed by atoms with E-state index in [2.05, 4.69) is 0 Å². The number of likely N-dealkylation sites (tertiary alicyclic amines) is 1. The van der Waals surface area contributed by atoms with Gasteiger partial charge in [-0.1, -0.05) is 0 Å². The topological polar surface area (TPSA) is 60.8 Å². The predicted octanol–water partition coefficient (Wildman–Crippen LogP) is 0.759. The quantitative estimate of drug-likeness (QED) is 0.634. The third-order valence-electron chi connectivity index (χ3n) is 3.61. The van der Waals surface area contributed by atoms with Gasteiger partial charge in [0.25, 0.3) is 0 Å². The molecule has 0 bridgehead atoms. The molecule has 1 saturated heterocycles. The second-order valence-corrected chi connectivity index (χ2v) is 4.22. The lowest BCUT2D eigenvalue weighted by molar-refractivity contribution is 0.113. The lowest BCUT2D eigenvalue weighted by Gasteiger charge is -2.30. The minimum atomic E-state index is -0.809. The molecule has 1 heterocycles. The van der Waals surface area contributed by atoms with Crippen LogP contribution in [0.4, 0.5) is 4.79 Å². The van der Waals surface area contributed by atoms with Gasteiger partial charge in [0.1, 0.15) is 0 Å². The van der Waals surface area contributed by atoms with Gasteiger partial charge in [0.05, 0.1) is 0 Å². The third kappa shape index (κ3) is 1.39. The van der Waals surface area contributed by atoms with Crippen molar-refractivity contribution >= 4 is 6.09 Å². The molecule has 2 N–H and O–H groups in total. The van der Waals surface area contributed by atoms with Gasteiger partial charge < -0.3 is 15.1 Å². The van der Waals surface area contributed by atoms with Gasteiger partial charge in [-0.3, -0.25) is 0 Å². The van der Waals surface area contributed by atoms with Crippen molar-refractivity contribution in [3.8, 4) is 0 Å². The van der Waals surface area contributed by atoms with Crippen molar-refractivity contribution in [1.29, 1.82) is 0 Å². The lowest BCUT2D eigenvalue weighted by atomic mass is 9.91. The molecule has 2 aliphatic rings. The molecule has 1 amide bonds. The Bertz CT molecular complexity index is 221. The SMILES string of the molecule is O=C(O)N1CCC2(CC1)C[C@H]2CO. The molecule has 4 heteroatoms. The summed E-state index contributed by atoms with van der Waals surface area (Å²) in [5.74, 6) is 0.448. The van der Waals surface area contributed by atoms with Gasteiger partial charge in [0.2, 0.25) is 0 Å². The van der Waals surface area contributed by atoms with E-state index in [4.69, 9.17) is 10.2 Å². The second-order valence-electron chi connectivity index (χ2n) is 4.22. The van der Waals surface area contributed by atoms with Gasteiger partial charge in [-0.25, -0.2) is 4.79 Å². The first-order valence-corrected chi connectivity index (χ1v) is 4.77. The van der Waals surface area contributed by atoms with E-state index in [-0.39, 0.29) is 6.61 Å². The number of aliphatic hydroxyl groups is 1. The van der Waals surface area contributed by atoms with E-state index in [0.717, 1.165) is 19.3 Å². The molecule has 0 radical (unpaired) electrons. The summed E-state index contributed by atoms with van der Waals surface area (Å²) in [6, 6.07) is 0. The minimum Gasteiger partial charge on any atom is -0.465 e. The van der Waals surface area contributed by atoms with E-state index in [0.29, 0.717) is 24.4 Å². The Labute approximate surface area is 77.2 Å². The average Bonchev–Trinajstić information content (AvgIpc) is 2.80. The molecular formula is C9H15NO3. The van der Waals surface area contributed by atoms with Crippen molar-refractivity contribution in [3.05, 3.63) is 0 Å². The molecule has 4 nitrogen and oxygen atoms in total. The molecule has 1 aliphatic heterocycles. The van der Waals surface area contributed by atoms with Crippen LogP contribution in [0.5, 0.6) is 0 Å². The van der Waals surface area contributed by atoms with E-state index in [1.54, 1.807) is 0 Å². The first-order valence-electron chi connectivity index (χ1n) is 4.77. The number of hydrogen-bond donors (Lipinski definition) is 2. The molecule has 74 valence electrons. The van der Waals surface area contributed by atoms with Crippen LogP contribution in [0, 0.1) is 11.3 Å². The summed E-state index contributed by atoms with van der Waals surface area (Å²) in [6.45, 7) is 1.56. The molecule has 0 aromatic carbocycles. The molecule has 0 unspecified atom stereocenters. The van der Waals surface area contributed by atoms with E-state index in [1.807, 2.05) is 0 Å². The van der Waals surface area contributed by atoms with Crippen molar-refractivity contribution in [1.82, 2.24) is 4.90 Å². The highest BCUT2D eigenvalue weighted by Gasteiger charge is 2.54. The van der Waals surface area contributed by atoms with Crippen LogP contribution >= 0.6 is 0 Å². The Kier molecular flexibility index (Phi) is 1.95. The highest BCUT2D eigenvalue weighted by molar-refractivity contribution is 5.65. The minimum absolute atomic E-state index is 0.271. The van der Waals surface area contributed by atoms with Crippen LogP contribution in [0.1, 0.15) is 19.3 Å². The molecule has 1 spiro atoms. The number of carboxylic acid groups (broad SMARTS) is 1. The lowest BCUT2D eigenvalue weighted by Crippen LogP contribution is -2.38. The van der Waals surface area contributed by atoms with Gasteiger partial charge in [0, 0.05) is 19.7 Å². The van der Waals surface area contributed by atoms with E-state index in [1.165, 1.54) is 4.90 Å². The number of piperidine rings is 1.